The second-order valence-corrected chi connectivity index (χ2v) is 11.3. The van der Waals surface area contributed by atoms with E-state index in [1.54, 1.807) is 5.57 Å². The van der Waals surface area contributed by atoms with Gasteiger partial charge in [0, 0.05) is 6.61 Å². The summed E-state index contributed by atoms with van der Waals surface area (Å²) in [5.41, 5.74) is 1.59. The molecule has 2 aliphatic heterocycles. The van der Waals surface area contributed by atoms with Crippen molar-refractivity contribution >= 4 is 0 Å². The third-order valence-corrected chi connectivity index (χ3v) is 7.92. The Kier molecular flexibility index (Phi) is 12.0. The van der Waals surface area contributed by atoms with Gasteiger partial charge in [0.05, 0.1) is 18.8 Å². The van der Waals surface area contributed by atoms with E-state index in [1.807, 2.05) is 0 Å². The average Bonchev–Trinajstić information content (AvgIpc) is 2.75. The standard InChI is InChI=1S/C13H22O.C8H16.C7H14O/c1-10-3-6-12(7-4-10)13-8-5-11(2)14-9-13;1-7-3-5-8(2)6-4-7;1-6-3-4-7(2)8-5-6/h3,11-13H,4-9H2,1-2H3;7-8H,3-6H2,1-2H3;6-7H,3-5H2,1-2H3. The second-order valence-electron chi connectivity index (χ2n) is 11.3. The maximum absolute atomic E-state index is 5.75. The number of hydrogen-bond donors (Lipinski definition) is 0. The minimum absolute atomic E-state index is 0.507. The smallest absolute Gasteiger partial charge is 0.0547 e. The largest absolute Gasteiger partial charge is 0.378 e. The van der Waals surface area contributed by atoms with Crippen molar-refractivity contribution in [2.45, 2.75) is 124 Å². The van der Waals surface area contributed by atoms with Crippen molar-refractivity contribution in [1.29, 1.82) is 0 Å². The topological polar surface area (TPSA) is 18.5 Å². The van der Waals surface area contributed by atoms with Gasteiger partial charge in [0.2, 0.25) is 0 Å². The molecule has 0 bridgehead atoms. The summed E-state index contributed by atoms with van der Waals surface area (Å²) < 4.78 is 11.1. The van der Waals surface area contributed by atoms with Gasteiger partial charge in [-0.25, -0.2) is 0 Å². The third-order valence-electron chi connectivity index (χ3n) is 7.92. The van der Waals surface area contributed by atoms with Crippen molar-refractivity contribution in [3.05, 3.63) is 11.6 Å². The normalized spacial score (nSPS) is 39.5. The third kappa shape index (κ3) is 10.3. The molecule has 1 saturated carbocycles. The summed E-state index contributed by atoms with van der Waals surface area (Å²) in [4.78, 5) is 0. The molecular formula is C28H52O2. The molecule has 2 heterocycles. The molecule has 30 heavy (non-hydrogen) atoms. The Morgan fingerprint density at radius 1 is 0.600 bits per heavy atom. The van der Waals surface area contributed by atoms with Crippen LogP contribution in [-0.4, -0.2) is 25.4 Å². The zero-order valence-electron chi connectivity index (χ0n) is 21.1. The first-order valence-corrected chi connectivity index (χ1v) is 13.2. The molecule has 0 amide bonds. The molecule has 0 aromatic carbocycles. The predicted octanol–water partition coefficient (Wildman–Crippen LogP) is 8.20. The molecule has 176 valence electrons. The molecule has 5 unspecified atom stereocenters. The molecule has 2 saturated heterocycles. The monoisotopic (exact) mass is 420 g/mol. The fourth-order valence-electron chi connectivity index (χ4n) is 5.13. The van der Waals surface area contributed by atoms with E-state index < -0.39 is 0 Å². The van der Waals surface area contributed by atoms with E-state index in [1.165, 1.54) is 70.6 Å². The Morgan fingerprint density at radius 3 is 1.53 bits per heavy atom. The van der Waals surface area contributed by atoms with E-state index in [0.29, 0.717) is 12.2 Å². The van der Waals surface area contributed by atoms with Gasteiger partial charge in [0.25, 0.3) is 0 Å². The van der Waals surface area contributed by atoms with Crippen molar-refractivity contribution in [2.24, 2.45) is 29.6 Å². The van der Waals surface area contributed by atoms with Crippen LogP contribution in [0.1, 0.15) is 112 Å². The molecule has 4 rings (SSSR count). The molecule has 2 aliphatic carbocycles. The van der Waals surface area contributed by atoms with E-state index in [2.05, 4.69) is 47.6 Å². The summed E-state index contributed by atoms with van der Waals surface area (Å²) in [6, 6.07) is 0. The highest BCUT2D eigenvalue weighted by atomic mass is 16.5. The van der Waals surface area contributed by atoms with Gasteiger partial charge in [0.15, 0.2) is 0 Å². The lowest BCUT2D eigenvalue weighted by atomic mass is 9.78. The summed E-state index contributed by atoms with van der Waals surface area (Å²) in [7, 11) is 0. The first kappa shape index (κ1) is 25.9. The molecule has 5 atom stereocenters. The van der Waals surface area contributed by atoms with Crippen molar-refractivity contribution in [2.75, 3.05) is 13.2 Å². The summed E-state index contributed by atoms with van der Waals surface area (Å²) in [6.07, 6.45) is 18.6. The quantitative estimate of drug-likeness (QED) is 0.398. The second kappa shape index (κ2) is 13.9. The summed E-state index contributed by atoms with van der Waals surface area (Å²) in [6.45, 7) is 15.6. The van der Waals surface area contributed by atoms with Crippen LogP contribution in [0.25, 0.3) is 0 Å². The van der Waals surface area contributed by atoms with Crippen LogP contribution in [0.15, 0.2) is 11.6 Å². The van der Waals surface area contributed by atoms with E-state index in [4.69, 9.17) is 9.47 Å². The van der Waals surface area contributed by atoms with Gasteiger partial charge in [-0.3, -0.25) is 0 Å². The van der Waals surface area contributed by atoms with Crippen LogP contribution < -0.4 is 0 Å². The molecule has 3 fully saturated rings. The highest BCUT2D eigenvalue weighted by Crippen LogP contribution is 2.34. The SMILES string of the molecule is CC1=CCC(C2CCC(C)OC2)CC1.CC1CCC(C)CC1.CC1CCC(C)OC1. The van der Waals surface area contributed by atoms with Gasteiger partial charge in [-0.1, -0.05) is 58.1 Å². The molecular weight excluding hydrogens is 368 g/mol. The lowest BCUT2D eigenvalue weighted by Crippen LogP contribution is -2.29. The lowest BCUT2D eigenvalue weighted by molar-refractivity contribution is -0.0237. The summed E-state index contributed by atoms with van der Waals surface area (Å²) in [5.74, 6) is 4.59. The summed E-state index contributed by atoms with van der Waals surface area (Å²) in [5, 5.41) is 0. The minimum Gasteiger partial charge on any atom is -0.378 e. The fourth-order valence-corrected chi connectivity index (χ4v) is 5.13. The van der Waals surface area contributed by atoms with Crippen LogP contribution in [-0.2, 0) is 9.47 Å². The minimum atomic E-state index is 0.507. The Morgan fingerprint density at radius 2 is 1.13 bits per heavy atom. The van der Waals surface area contributed by atoms with Crippen molar-refractivity contribution in [3.63, 3.8) is 0 Å². The van der Waals surface area contributed by atoms with Crippen molar-refractivity contribution in [3.8, 4) is 0 Å². The Balaban J connectivity index is 0.000000172. The van der Waals surface area contributed by atoms with Crippen LogP contribution in [0.2, 0.25) is 0 Å². The average molecular weight is 421 g/mol. The van der Waals surface area contributed by atoms with Gasteiger partial charge >= 0.3 is 0 Å². The number of rotatable bonds is 1. The Bertz CT molecular complexity index is 421. The Hall–Kier alpha value is -0.340. The van der Waals surface area contributed by atoms with Gasteiger partial charge in [-0.2, -0.15) is 0 Å². The van der Waals surface area contributed by atoms with Crippen LogP contribution in [0.5, 0.6) is 0 Å². The van der Waals surface area contributed by atoms with Crippen LogP contribution in [0, 0.1) is 29.6 Å². The zero-order chi connectivity index (χ0) is 21.9. The van der Waals surface area contributed by atoms with Gasteiger partial charge in [-0.15, -0.1) is 0 Å². The molecule has 0 radical (unpaired) electrons. The van der Waals surface area contributed by atoms with Crippen molar-refractivity contribution < 1.29 is 9.47 Å². The van der Waals surface area contributed by atoms with Crippen molar-refractivity contribution in [1.82, 2.24) is 0 Å². The van der Waals surface area contributed by atoms with E-state index >= 15 is 0 Å². The van der Waals surface area contributed by atoms with Crippen LogP contribution in [0.4, 0.5) is 0 Å². The highest BCUT2D eigenvalue weighted by Gasteiger charge is 2.27. The Labute approximate surface area is 188 Å². The van der Waals surface area contributed by atoms with Crippen LogP contribution >= 0.6 is 0 Å². The zero-order valence-corrected chi connectivity index (χ0v) is 21.1. The molecule has 0 aromatic rings. The molecule has 0 N–H and O–H groups in total. The molecule has 0 aromatic heterocycles. The first-order valence-electron chi connectivity index (χ1n) is 13.2. The maximum atomic E-state index is 5.75. The first-order chi connectivity index (χ1) is 14.3. The molecule has 4 aliphatic rings. The number of allylic oxidation sites excluding steroid dienone is 2. The van der Waals surface area contributed by atoms with Gasteiger partial charge < -0.3 is 9.47 Å². The highest BCUT2D eigenvalue weighted by molar-refractivity contribution is 5.03. The summed E-state index contributed by atoms with van der Waals surface area (Å²) >= 11 is 0. The predicted molar refractivity (Wildman–Crippen MR) is 130 cm³/mol. The molecule has 2 nitrogen and oxygen atoms in total. The molecule has 0 spiro atoms. The number of hydrogen-bond acceptors (Lipinski definition) is 2. The van der Waals surface area contributed by atoms with Crippen LogP contribution in [0.3, 0.4) is 0 Å². The lowest BCUT2D eigenvalue weighted by Gasteiger charge is -2.34. The van der Waals surface area contributed by atoms with Gasteiger partial charge in [-0.05, 0) is 95.3 Å². The van der Waals surface area contributed by atoms with E-state index in [0.717, 1.165) is 42.8 Å². The fraction of sp³-hybridized carbons (Fsp3) is 0.929. The maximum Gasteiger partial charge on any atom is 0.0547 e. The van der Waals surface area contributed by atoms with Gasteiger partial charge in [0.1, 0.15) is 0 Å². The molecule has 2 heteroatoms. The van der Waals surface area contributed by atoms with E-state index in [9.17, 15) is 0 Å². The van der Waals surface area contributed by atoms with E-state index in [-0.39, 0.29) is 0 Å². The number of ether oxygens (including phenoxy) is 2.